The summed E-state index contributed by atoms with van der Waals surface area (Å²) in [5.74, 6) is -1.28. The SMILES string of the molecule is CCOC(=O)c1cc(-c2ccccc2)ccc1NC(=O)c1ccccc1[N+](=O)[O-]. The Kier molecular flexibility index (Phi) is 5.99. The van der Waals surface area contributed by atoms with Crippen LogP contribution in [0.15, 0.2) is 72.8 Å². The summed E-state index contributed by atoms with van der Waals surface area (Å²) in [6.45, 7) is 1.86. The third-order valence-electron chi connectivity index (χ3n) is 4.22. The van der Waals surface area contributed by atoms with Gasteiger partial charge < -0.3 is 10.1 Å². The molecule has 1 N–H and O–H groups in total. The molecule has 0 fully saturated rings. The summed E-state index contributed by atoms with van der Waals surface area (Å²) in [5.41, 5.74) is 1.64. The van der Waals surface area contributed by atoms with Gasteiger partial charge in [0.05, 0.1) is 22.8 Å². The van der Waals surface area contributed by atoms with E-state index in [4.69, 9.17) is 4.74 Å². The predicted molar refractivity (Wildman–Crippen MR) is 109 cm³/mol. The molecular formula is C22H18N2O5. The van der Waals surface area contributed by atoms with E-state index in [0.29, 0.717) is 0 Å². The van der Waals surface area contributed by atoms with Gasteiger partial charge >= 0.3 is 5.97 Å². The number of esters is 1. The van der Waals surface area contributed by atoms with Crippen molar-refractivity contribution in [2.45, 2.75) is 6.92 Å². The van der Waals surface area contributed by atoms with Crippen molar-refractivity contribution in [3.05, 3.63) is 94.0 Å². The third kappa shape index (κ3) is 4.47. The molecule has 0 aliphatic rings. The minimum atomic E-state index is -0.685. The van der Waals surface area contributed by atoms with Gasteiger partial charge in [-0.15, -0.1) is 0 Å². The first kappa shape index (κ1) is 19.8. The monoisotopic (exact) mass is 390 g/mol. The molecule has 1 amide bonds. The Bertz CT molecular complexity index is 1060. The molecule has 146 valence electrons. The second-order valence-corrected chi connectivity index (χ2v) is 6.08. The van der Waals surface area contributed by atoms with Gasteiger partial charge in [0.25, 0.3) is 11.6 Å². The standard InChI is InChI=1S/C22H18N2O5/c1-2-29-22(26)18-14-16(15-8-4-3-5-9-15)12-13-19(18)23-21(25)17-10-6-7-11-20(17)24(27)28/h3-14H,2H2,1H3,(H,23,25). The highest BCUT2D eigenvalue weighted by atomic mass is 16.6. The van der Waals surface area contributed by atoms with Gasteiger partial charge in [-0.3, -0.25) is 14.9 Å². The number of carbonyl (C=O) groups excluding carboxylic acids is 2. The molecule has 3 aromatic rings. The number of rotatable bonds is 6. The first-order valence-electron chi connectivity index (χ1n) is 8.92. The molecule has 0 heterocycles. The Labute approximate surface area is 167 Å². The molecule has 0 radical (unpaired) electrons. The molecule has 3 aromatic carbocycles. The number of nitrogens with zero attached hydrogens (tertiary/aromatic N) is 1. The highest BCUT2D eigenvalue weighted by Gasteiger charge is 2.22. The molecule has 0 bridgehead atoms. The Morgan fingerprint density at radius 2 is 1.62 bits per heavy atom. The molecule has 0 aliphatic heterocycles. The zero-order valence-corrected chi connectivity index (χ0v) is 15.6. The summed E-state index contributed by atoms with van der Waals surface area (Å²) in [6, 6.07) is 20.0. The van der Waals surface area contributed by atoms with Crippen LogP contribution in [0.3, 0.4) is 0 Å². The van der Waals surface area contributed by atoms with Gasteiger partial charge in [-0.05, 0) is 36.2 Å². The number of benzene rings is 3. The number of nitro groups is 1. The van der Waals surface area contributed by atoms with Gasteiger partial charge in [-0.2, -0.15) is 0 Å². The summed E-state index contributed by atoms with van der Waals surface area (Å²) in [5, 5.41) is 13.8. The van der Waals surface area contributed by atoms with Crippen LogP contribution in [0.5, 0.6) is 0 Å². The van der Waals surface area contributed by atoms with E-state index in [-0.39, 0.29) is 29.1 Å². The smallest absolute Gasteiger partial charge is 0.340 e. The van der Waals surface area contributed by atoms with Crippen molar-refractivity contribution in [2.24, 2.45) is 0 Å². The minimum Gasteiger partial charge on any atom is -0.462 e. The number of nitro benzene ring substituents is 1. The van der Waals surface area contributed by atoms with Crippen LogP contribution in [0.25, 0.3) is 11.1 Å². The molecule has 0 aromatic heterocycles. The van der Waals surface area contributed by atoms with E-state index in [0.717, 1.165) is 11.1 Å². The lowest BCUT2D eigenvalue weighted by Gasteiger charge is -2.13. The van der Waals surface area contributed by atoms with Gasteiger partial charge in [0.1, 0.15) is 5.56 Å². The summed E-state index contributed by atoms with van der Waals surface area (Å²) < 4.78 is 5.11. The number of hydrogen-bond donors (Lipinski definition) is 1. The molecule has 0 saturated heterocycles. The van der Waals surface area contributed by atoms with E-state index in [2.05, 4.69) is 5.32 Å². The maximum absolute atomic E-state index is 12.7. The van der Waals surface area contributed by atoms with Crippen LogP contribution in [0.1, 0.15) is 27.6 Å². The lowest BCUT2D eigenvalue weighted by Crippen LogP contribution is -2.17. The van der Waals surface area contributed by atoms with Crippen LogP contribution >= 0.6 is 0 Å². The molecule has 7 heteroatoms. The number of ether oxygens (including phenoxy) is 1. The topological polar surface area (TPSA) is 98.5 Å². The Morgan fingerprint density at radius 1 is 0.931 bits per heavy atom. The van der Waals surface area contributed by atoms with Gasteiger partial charge in [0.2, 0.25) is 0 Å². The highest BCUT2D eigenvalue weighted by Crippen LogP contribution is 2.27. The Morgan fingerprint density at radius 3 is 2.31 bits per heavy atom. The van der Waals surface area contributed by atoms with E-state index < -0.39 is 16.8 Å². The number of hydrogen-bond acceptors (Lipinski definition) is 5. The molecule has 0 unspecified atom stereocenters. The van der Waals surface area contributed by atoms with Crippen molar-refractivity contribution in [1.82, 2.24) is 0 Å². The molecule has 29 heavy (non-hydrogen) atoms. The first-order valence-corrected chi connectivity index (χ1v) is 8.92. The Balaban J connectivity index is 1.99. The van der Waals surface area contributed by atoms with E-state index in [1.807, 2.05) is 30.3 Å². The van der Waals surface area contributed by atoms with Crippen molar-refractivity contribution in [2.75, 3.05) is 11.9 Å². The van der Waals surface area contributed by atoms with Crippen molar-refractivity contribution in [1.29, 1.82) is 0 Å². The molecule has 0 aliphatic carbocycles. The third-order valence-corrected chi connectivity index (χ3v) is 4.22. The summed E-state index contributed by atoms with van der Waals surface area (Å²) in [7, 11) is 0. The molecule has 3 rings (SSSR count). The van der Waals surface area contributed by atoms with Crippen molar-refractivity contribution in [3.8, 4) is 11.1 Å². The lowest BCUT2D eigenvalue weighted by molar-refractivity contribution is -0.385. The molecule has 7 nitrogen and oxygen atoms in total. The van der Waals surface area contributed by atoms with Crippen LogP contribution in [-0.2, 0) is 4.74 Å². The fraction of sp³-hybridized carbons (Fsp3) is 0.0909. The average molecular weight is 390 g/mol. The summed E-state index contributed by atoms with van der Waals surface area (Å²) in [4.78, 5) is 35.7. The number of carbonyl (C=O) groups is 2. The van der Waals surface area contributed by atoms with Gasteiger partial charge in [-0.1, -0.05) is 48.5 Å². The number of para-hydroxylation sites is 1. The number of anilines is 1. The Hall–Kier alpha value is -4.00. The maximum atomic E-state index is 12.7. The quantitative estimate of drug-likeness (QED) is 0.374. The zero-order valence-electron chi connectivity index (χ0n) is 15.6. The van der Waals surface area contributed by atoms with Crippen molar-refractivity contribution in [3.63, 3.8) is 0 Å². The van der Waals surface area contributed by atoms with E-state index in [9.17, 15) is 19.7 Å². The van der Waals surface area contributed by atoms with Crippen LogP contribution in [0, 0.1) is 10.1 Å². The normalized spacial score (nSPS) is 10.2. The van der Waals surface area contributed by atoms with Crippen molar-refractivity contribution < 1.29 is 19.2 Å². The summed E-state index contributed by atoms with van der Waals surface area (Å²) in [6.07, 6.45) is 0. The number of nitrogens with one attached hydrogen (secondary N) is 1. The number of amides is 1. The van der Waals surface area contributed by atoms with Crippen LogP contribution < -0.4 is 5.32 Å². The average Bonchev–Trinajstić information content (AvgIpc) is 2.74. The van der Waals surface area contributed by atoms with Crippen LogP contribution in [-0.4, -0.2) is 23.4 Å². The zero-order chi connectivity index (χ0) is 20.8. The molecule has 0 saturated carbocycles. The van der Waals surface area contributed by atoms with E-state index in [1.165, 1.54) is 24.3 Å². The van der Waals surface area contributed by atoms with Crippen LogP contribution in [0.2, 0.25) is 0 Å². The molecule has 0 atom stereocenters. The van der Waals surface area contributed by atoms with E-state index in [1.54, 1.807) is 25.1 Å². The summed E-state index contributed by atoms with van der Waals surface area (Å²) >= 11 is 0. The maximum Gasteiger partial charge on any atom is 0.340 e. The lowest BCUT2D eigenvalue weighted by atomic mass is 10.0. The van der Waals surface area contributed by atoms with Gasteiger partial charge in [-0.25, -0.2) is 4.79 Å². The van der Waals surface area contributed by atoms with E-state index >= 15 is 0 Å². The largest absolute Gasteiger partial charge is 0.462 e. The van der Waals surface area contributed by atoms with Crippen molar-refractivity contribution >= 4 is 23.3 Å². The van der Waals surface area contributed by atoms with Crippen LogP contribution in [0.4, 0.5) is 11.4 Å². The predicted octanol–water partition coefficient (Wildman–Crippen LogP) is 4.69. The fourth-order valence-electron chi connectivity index (χ4n) is 2.86. The molecular weight excluding hydrogens is 372 g/mol. The fourth-order valence-corrected chi connectivity index (χ4v) is 2.86. The second-order valence-electron chi connectivity index (χ2n) is 6.08. The molecule has 0 spiro atoms. The van der Waals surface area contributed by atoms with Gasteiger partial charge in [0, 0.05) is 6.07 Å². The second kappa shape index (κ2) is 8.79. The van der Waals surface area contributed by atoms with Gasteiger partial charge in [0.15, 0.2) is 0 Å². The minimum absolute atomic E-state index is 0.0977. The highest BCUT2D eigenvalue weighted by molar-refractivity contribution is 6.10. The first-order chi connectivity index (χ1) is 14.0.